The van der Waals surface area contributed by atoms with Gasteiger partial charge in [-0.3, -0.25) is 19.2 Å². The molecule has 0 aliphatic heterocycles. The molecule has 0 radical (unpaired) electrons. The van der Waals surface area contributed by atoms with Gasteiger partial charge in [0, 0.05) is 0 Å². The van der Waals surface area contributed by atoms with Gasteiger partial charge in [-0.15, -0.1) is 0 Å². The minimum atomic E-state index is -1.62. The van der Waals surface area contributed by atoms with Crippen LogP contribution < -0.4 is 21.7 Å². The van der Waals surface area contributed by atoms with Gasteiger partial charge in [-0.2, -0.15) is 11.8 Å². The topological polar surface area (TPSA) is 208 Å². The summed E-state index contributed by atoms with van der Waals surface area (Å²) in [6.07, 6.45) is 1.44. The predicted octanol–water partition coefficient (Wildman–Crippen LogP) is -1.88. The average molecular weight is 465 g/mol. The first-order valence-electron chi connectivity index (χ1n) is 9.63. The summed E-state index contributed by atoms with van der Waals surface area (Å²) >= 11 is 1.48. The highest BCUT2D eigenvalue weighted by Gasteiger charge is 2.31. The average Bonchev–Trinajstić information content (AvgIpc) is 2.67. The molecule has 31 heavy (non-hydrogen) atoms. The van der Waals surface area contributed by atoms with Crippen molar-refractivity contribution in [2.45, 2.75) is 57.3 Å². The van der Waals surface area contributed by atoms with Gasteiger partial charge in [0.15, 0.2) is 0 Å². The lowest BCUT2D eigenvalue weighted by Gasteiger charge is -2.24. The Hall–Kier alpha value is -2.38. The molecule has 13 heteroatoms. The van der Waals surface area contributed by atoms with Crippen LogP contribution in [0.25, 0.3) is 0 Å². The monoisotopic (exact) mass is 464 g/mol. The fraction of sp³-hybridized carbons (Fsp3) is 0.722. The number of amides is 3. The number of carbonyl (C=O) groups is 5. The van der Waals surface area contributed by atoms with Crippen molar-refractivity contribution < 1.29 is 39.3 Å². The Balaban J connectivity index is 5.23. The van der Waals surface area contributed by atoms with E-state index in [2.05, 4.69) is 16.0 Å². The molecule has 0 spiro atoms. The third-order valence-corrected chi connectivity index (χ3v) is 4.76. The molecule has 0 saturated carbocycles. The molecule has 0 aliphatic carbocycles. The maximum Gasteiger partial charge on any atom is 0.326 e. The predicted molar refractivity (Wildman–Crippen MR) is 113 cm³/mol. The van der Waals surface area contributed by atoms with Crippen LogP contribution in [0.3, 0.4) is 0 Å². The van der Waals surface area contributed by atoms with E-state index in [0.717, 1.165) is 0 Å². The number of hydrogen-bond acceptors (Lipinski definition) is 8. The number of thioether (sulfide) groups is 1. The molecule has 0 fully saturated rings. The van der Waals surface area contributed by atoms with Crippen LogP contribution in [-0.4, -0.2) is 87.8 Å². The highest BCUT2D eigenvalue weighted by Crippen LogP contribution is 2.06. The van der Waals surface area contributed by atoms with Gasteiger partial charge in [0.05, 0.1) is 19.1 Å². The quantitative estimate of drug-likeness (QED) is 0.143. The van der Waals surface area contributed by atoms with Crippen molar-refractivity contribution in [2.75, 3.05) is 18.6 Å². The molecule has 0 aliphatic rings. The number of nitrogens with one attached hydrogen (secondary N) is 3. The second-order valence-electron chi connectivity index (χ2n) is 7.32. The van der Waals surface area contributed by atoms with Gasteiger partial charge in [0.2, 0.25) is 17.7 Å². The van der Waals surface area contributed by atoms with Crippen LogP contribution in [0.5, 0.6) is 0 Å². The van der Waals surface area contributed by atoms with Crippen molar-refractivity contribution in [3.05, 3.63) is 0 Å². The highest BCUT2D eigenvalue weighted by molar-refractivity contribution is 7.98. The standard InChI is InChI=1S/C18H32N4O8S/c1-9(2)6-12(18(29)30)21-16(27)11(7-14(24)25)20-17(28)13(8-23)22-15(26)10(19)4-5-31-3/h9-13,23H,4-8,19H2,1-3H3,(H,20,28)(H,21,27)(H,22,26)(H,24,25)(H,29,30). The van der Waals surface area contributed by atoms with Gasteiger partial charge >= 0.3 is 11.9 Å². The summed E-state index contributed by atoms with van der Waals surface area (Å²) in [5.41, 5.74) is 5.71. The van der Waals surface area contributed by atoms with Crippen LogP contribution >= 0.6 is 11.8 Å². The summed E-state index contributed by atoms with van der Waals surface area (Å²) in [7, 11) is 0. The zero-order valence-corrected chi connectivity index (χ0v) is 18.6. The van der Waals surface area contributed by atoms with Crippen LogP contribution in [0.1, 0.15) is 33.1 Å². The van der Waals surface area contributed by atoms with Crippen LogP contribution in [-0.2, 0) is 24.0 Å². The fourth-order valence-corrected chi connectivity index (χ4v) is 2.96. The number of carboxylic acids is 2. The highest BCUT2D eigenvalue weighted by atomic mass is 32.2. The van der Waals surface area contributed by atoms with Crippen molar-refractivity contribution >= 4 is 41.4 Å². The van der Waals surface area contributed by atoms with Gasteiger partial charge in [0.25, 0.3) is 0 Å². The van der Waals surface area contributed by atoms with Crippen molar-refractivity contribution in [2.24, 2.45) is 11.7 Å². The number of aliphatic carboxylic acids is 2. The first-order valence-corrected chi connectivity index (χ1v) is 11.0. The molecule has 4 unspecified atom stereocenters. The SMILES string of the molecule is CSCCC(N)C(=O)NC(CO)C(=O)NC(CC(=O)O)C(=O)NC(CC(C)C)C(=O)O. The lowest BCUT2D eigenvalue weighted by Crippen LogP contribution is -2.58. The van der Waals surface area contributed by atoms with Crippen molar-refractivity contribution in [3.63, 3.8) is 0 Å². The van der Waals surface area contributed by atoms with E-state index in [4.69, 9.17) is 10.8 Å². The summed E-state index contributed by atoms with van der Waals surface area (Å²) in [5, 5.41) is 34.3. The van der Waals surface area contributed by atoms with Crippen LogP contribution in [0.2, 0.25) is 0 Å². The lowest BCUT2D eigenvalue weighted by atomic mass is 10.0. The van der Waals surface area contributed by atoms with Gasteiger partial charge < -0.3 is 37.0 Å². The largest absolute Gasteiger partial charge is 0.481 e. The number of carboxylic acid groups (broad SMARTS) is 2. The number of aliphatic hydroxyl groups excluding tert-OH is 1. The van der Waals surface area contributed by atoms with E-state index in [9.17, 15) is 34.2 Å². The molecule has 8 N–H and O–H groups in total. The molecule has 0 aromatic carbocycles. The van der Waals surface area contributed by atoms with Gasteiger partial charge in [0.1, 0.15) is 18.1 Å². The maximum absolute atomic E-state index is 12.4. The van der Waals surface area contributed by atoms with E-state index in [0.29, 0.717) is 12.2 Å². The van der Waals surface area contributed by atoms with Crippen LogP contribution in [0.4, 0.5) is 0 Å². The summed E-state index contributed by atoms with van der Waals surface area (Å²) in [5.74, 6) is -4.90. The molecule has 4 atom stereocenters. The van der Waals surface area contributed by atoms with Crippen molar-refractivity contribution in [1.29, 1.82) is 0 Å². The van der Waals surface area contributed by atoms with Crippen LogP contribution in [0.15, 0.2) is 0 Å². The first kappa shape index (κ1) is 28.6. The molecule has 3 amide bonds. The van der Waals surface area contributed by atoms with E-state index in [1.807, 2.05) is 6.26 Å². The molecule has 0 heterocycles. The minimum absolute atomic E-state index is 0.0711. The Morgan fingerprint density at radius 2 is 1.42 bits per heavy atom. The molecule has 0 bridgehead atoms. The zero-order chi connectivity index (χ0) is 24.1. The zero-order valence-electron chi connectivity index (χ0n) is 17.8. The molecule has 0 saturated heterocycles. The Kier molecular flexibility index (Phi) is 13.5. The van der Waals surface area contributed by atoms with E-state index in [1.165, 1.54) is 11.8 Å². The van der Waals surface area contributed by atoms with Gasteiger partial charge in [-0.05, 0) is 30.8 Å². The Morgan fingerprint density at radius 3 is 1.87 bits per heavy atom. The summed E-state index contributed by atoms with van der Waals surface area (Å²) in [6, 6.07) is -5.28. The Bertz CT molecular complexity index is 646. The molecule has 0 aromatic heterocycles. The summed E-state index contributed by atoms with van der Waals surface area (Å²) in [6.45, 7) is 2.67. The van der Waals surface area contributed by atoms with E-state index >= 15 is 0 Å². The number of hydrogen-bond donors (Lipinski definition) is 7. The molecule has 178 valence electrons. The molecule has 12 nitrogen and oxygen atoms in total. The van der Waals surface area contributed by atoms with Crippen LogP contribution in [0, 0.1) is 5.92 Å². The van der Waals surface area contributed by atoms with Gasteiger partial charge in [-0.1, -0.05) is 13.8 Å². The number of nitrogens with two attached hydrogens (primary N) is 1. The summed E-state index contributed by atoms with van der Waals surface area (Å²) < 4.78 is 0. The van der Waals surface area contributed by atoms with E-state index in [1.54, 1.807) is 13.8 Å². The second-order valence-corrected chi connectivity index (χ2v) is 8.31. The lowest BCUT2D eigenvalue weighted by molar-refractivity contribution is -0.144. The Labute approximate surface area is 184 Å². The molecule has 0 aromatic rings. The maximum atomic E-state index is 12.4. The smallest absolute Gasteiger partial charge is 0.326 e. The first-order chi connectivity index (χ1) is 14.4. The van der Waals surface area contributed by atoms with Crippen molar-refractivity contribution in [1.82, 2.24) is 16.0 Å². The minimum Gasteiger partial charge on any atom is -0.481 e. The fourth-order valence-electron chi connectivity index (χ4n) is 2.47. The third-order valence-electron chi connectivity index (χ3n) is 4.12. The molecular weight excluding hydrogens is 432 g/mol. The van der Waals surface area contributed by atoms with E-state index in [-0.39, 0.29) is 12.3 Å². The number of rotatable bonds is 15. The van der Waals surface area contributed by atoms with Crippen molar-refractivity contribution in [3.8, 4) is 0 Å². The normalized spacial score (nSPS) is 14.8. The number of aliphatic hydroxyl groups is 1. The number of carbonyl (C=O) groups excluding carboxylic acids is 3. The Morgan fingerprint density at radius 1 is 0.903 bits per heavy atom. The van der Waals surface area contributed by atoms with E-state index < -0.39 is 66.9 Å². The van der Waals surface area contributed by atoms with Gasteiger partial charge in [-0.25, -0.2) is 4.79 Å². The third kappa shape index (κ3) is 11.5. The molecular formula is C18H32N4O8S. The second kappa shape index (κ2) is 14.6. The molecule has 0 rings (SSSR count). The summed E-state index contributed by atoms with van der Waals surface area (Å²) in [4.78, 5) is 59.4.